The lowest BCUT2D eigenvalue weighted by atomic mass is 10.1. The third-order valence-corrected chi connectivity index (χ3v) is 4.74. The van der Waals surface area contributed by atoms with Gasteiger partial charge in [-0.1, -0.05) is 25.0 Å². The fourth-order valence-electron chi connectivity index (χ4n) is 2.52. The molecule has 0 aliphatic heterocycles. The Morgan fingerprint density at radius 2 is 2.05 bits per heavy atom. The Morgan fingerprint density at radius 1 is 1.32 bits per heavy atom. The van der Waals surface area contributed by atoms with E-state index in [4.69, 9.17) is 4.74 Å². The normalized spacial score (nSPS) is 15.6. The van der Waals surface area contributed by atoms with E-state index >= 15 is 0 Å². The van der Waals surface area contributed by atoms with Gasteiger partial charge in [0.1, 0.15) is 5.75 Å². The zero-order chi connectivity index (χ0) is 13.5. The van der Waals surface area contributed by atoms with Crippen LogP contribution in [0.3, 0.4) is 0 Å². The molecule has 19 heavy (non-hydrogen) atoms. The third-order valence-electron chi connectivity index (χ3n) is 3.58. The summed E-state index contributed by atoms with van der Waals surface area (Å²) in [5.74, 6) is 3.97. The summed E-state index contributed by atoms with van der Waals surface area (Å²) >= 11 is 1.97. The van der Waals surface area contributed by atoms with E-state index in [9.17, 15) is 4.79 Å². The highest BCUT2D eigenvalue weighted by atomic mass is 32.2. The van der Waals surface area contributed by atoms with Crippen LogP contribution in [0.25, 0.3) is 0 Å². The Hall–Kier alpha value is -0.960. The minimum absolute atomic E-state index is 0.0641. The molecule has 1 aromatic rings. The Morgan fingerprint density at radius 3 is 2.79 bits per heavy atom. The maximum atomic E-state index is 11.4. The maximum absolute atomic E-state index is 11.4. The van der Waals surface area contributed by atoms with Crippen LogP contribution in [0, 0.1) is 5.92 Å². The van der Waals surface area contributed by atoms with Crippen molar-refractivity contribution in [1.82, 2.24) is 0 Å². The molecule has 0 amide bonds. The van der Waals surface area contributed by atoms with Gasteiger partial charge in [0.05, 0.1) is 12.2 Å². The van der Waals surface area contributed by atoms with Crippen LogP contribution in [-0.2, 0) is 0 Å². The van der Waals surface area contributed by atoms with Crippen LogP contribution in [0.4, 0.5) is 0 Å². The van der Waals surface area contributed by atoms with Gasteiger partial charge < -0.3 is 4.74 Å². The van der Waals surface area contributed by atoms with E-state index in [1.165, 1.54) is 31.4 Å². The van der Waals surface area contributed by atoms with Crippen molar-refractivity contribution in [3.05, 3.63) is 29.8 Å². The molecule has 1 saturated carbocycles. The number of benzene rings is 1. The van der Waals surface area contributed by atoms with E-state index in [1.54, 1.807) is 6.92 Å². The standard InChI is InChI=1S/C16H22O2S/c1-13(17)15-8-4-5-9-16(15)18-10-11-19-12-14-6-2-3-7-14/h4-5,8-9,14H,2-3,6-7,10-12H2,1H3. The molecule has 104 valence electrons. The molecule has 0 spiro atoms. The molecule has 2 rings (SSSR count). The van der Waals surface area contributed by atoms with E-state index in [0.717, 1.165) is 17.4 Å². The molecule has 0 saturated heterocycles. The third kappa shape index (κ3) is 4.57. The number of thioether (sulfide) groups is 1. The van der Waals surface area contributed by atoms with Gasteiger partial charge in [-0.25, -0.2) is 0 Å². The predicted molar refractivity (Wildman–Crippen MR) is 81.2 cm³/mol. The second-order valence-electron chi connectivity index (χ2n) is 5.13. The second kappa shape index (κ2) is 7.59. The molecule has 0 heterocycles. The van der Waals surface area contributed by atoms with E-state index in [2.05, 4.69) is 0 Å². The van der Waals surface area contributed by atoms with Crippen molar-refractivity contribution in [2.24, 2.45) is 5.92 Å². The molecule has 0 radical (unpaired) electrons. The summed E-state index contributed by atoms with van der Waals surface area (Å²) in [5, 5.41) is 0. The lowest BCUT2D eigenvalue weighted by Gasteiger charge is -2.11. The van der Waals surface area contributed by atoms with Crippen molar-refractivity contribution in [1.29, 1.82) is 0 Å². The Balaban J connectivity index is 1.69. The van der Waals surface area contributed by atoms with E-state index < -0.39 is 0 Å². The van der Waals surface area contributed by atoms with Crippen LogP contribution < -0.4 is 4.74 Å². The highest BCUT2D eigenvalue weighted by molar-refractivity contribution is 7.99. The number of Topliss-reactive ketones (excluding diaryl/α,β-unsaturated/α-hetero) is 1. The van der Waals surface area contributed by atoms with Gasteiger partial charge in [0, 0.05) is 5.75 Å². The molecular formula is C16H22O2S. The Kier molecular flexibility index (Phi) is 5.77. The van der Waals surface area contributed by atoms with Gasteiger partial charge in [-0.15, -0.1) is 0 Å². The van der Waals surface area contributed by atoms with E-state index in [1.807, 2.05) is 36.0 Å². The van der Waals surface area contributed by atoms with Gasteiger partial charge in [-0.3, -0.25) is 4.79 Å². The first-order chi connectivity index (χ1) is 9.27. The van der Waals surface area contributed by atoms with Crippen LogP contribution in [0.1, 0.15) is 43.0 Å². The predicted octanol–water partition coefficient (Wildman–Crippen LogP) is 4.19. The SMILES string of the molecule is CC(=O)c1ccccc1OCCSCC1CCCC1. The maximum Gasteiger partial charge on any atom is 0.163 e. The fourth-order valence-corrected chi connectivity index (χ4v) is 3.56. The van der Waals surface area contributed by atoms with Crippen LogP contribution in [0.2, 0.25) is 0 Å². The molecule has 0 bridgehead atoms. The lowest BCUT2D eigenvalue weighted by molar-refractivity contribution is 0.101. The van der Waals surface area contributed by atoms with Crippen LogP contribution in [0.5, 0.6) is 5.75 Å². The van der Waals surface area contributed by atoms with Crippen molar-refractivity contribution >= 4 is 17.5 Å². The average molecular weight is 278 g/mol. The molecule has 2 nitrogen and oxygen atoms in total. The number of hydrogen-bond donors (Lipinski definition) is 0. The molecule has 3 heteroatoms. The summed E-state index contributed by atoms with van der Waals surface area (Å²) in [4.78, 5) is 11.4. The number of carbonyl (C=O) groups excluding carboxylic acids is 1. The Bertz CT molecular complexity index is 411. The Labute approximate surface area is 119 Å². The number of rotatable bonds is 7. The zero-order valence-corrected chi connectivity index (χ0v) is 12.4. The molecule has 0 aromatic heterocycles. The summed E-state index contributed by atoms with van der Waals surface area (Å²) in [6.07, 6.45) is 5.63. The lowest BCUT2D eigenvalue weighted by Crippen LogP contribution is -2.06. The van der Waals surface area contributed by atoms with E-state index in [-0.39, 0.29) is 5.78 Å². The average Bonchev–Trinajstić information content (AvgIpc) is 2.92. The molecular weight excluding hydrogens is 256 g/mol. The van der Waals surface area contributed by atoms with Crippen molar-refractivity contribution in [2.75, 3.05) is 18.1 Å². The molecule has 1 aliphatic rings. The molecule has 1 fully saturated rings. The van der Waals surface area contributed by atoms with Crippen LogP contribution in [-0.4, -0.2) is 23.9 Å². The number of hydrogen-bond acceptors (Lipinski definition) is 3. The minimum atomic E-state index is 0.0641. The minimum Gasteiger partial charge on any atom is -0.492 e. The zero-order valence-electron chi connectivity index (χ0n) is 11.6. The molecule has 1 aliphatic carbocycles. The van der Waals surface area contributed by atoms with Crippen LogP contribution >= 0.6 is 11.8 Å². The van der Waals surface area contributed by atoms with Crippen LogP contribution in [0.15, 0.2) is 24.3 Å². The van der Waals surface area contributed by atoms with Crippen molar-refractivity contribution in [2.45, 2.75) is 32.6 Å². The van der Waals surface area contributed by atoms with Gasteiger partial charge in [-0.05, 0) is 43.6 Å². The number of ketones is 1. The second-order valence-corrected chi connectivity index (χ2v) is 6.28. The summed E-state index contributed by atoms with van der Waals surface area (Å²) in [6.45, 7) is 2.26. The summed E-state index contributed by atoms with van der Waals surface area (Å²) < 4.78 is 5.72. The quantitative estimate of drug-likeness (QED) is 0.552. The van der Waals surface area contributed by atoms with Gasteiger partial charge in [-0.2, -0.15) is 11.8 Å². The fraction of sp³-hybridized carbons (Fsp3) is 0.562. The smallest absolute Gasteiger partial charge is 0.163 e. The van der Waals surface area contributed by atoms with Gasteiger partial charge in [0.15, 0.2) is 5.78 Å². The molecule has 0 unspecified atom stereocenters. The number of para-hydroxylation sites is 1. The molecule has 1 aromatic carbocycles. The highest BCUT2D eigenvalue weighted by Gasteiger charge is 2.14. The monoisotopic (exact) mass is 278 g/mol. The number of carbonyl (C=O) groups is 1. The molecule has 0 N–H and O–H groups in total. The summed E-state index contributed by atoms with van der Waals surface area (Å²) in [7, 11) is 0. The summed E-state index contributed by atoms with van der Waals surface area (Å²) in [5.41, 5.74) is 0.684. The van der Waals surface area contributed by atoms with Gasteiger partial charge in [0.25, 0.3) is 0 Å². The van der Waals surface area contributed by atoms with Crippen molar-refractivity contribution < 1.29 is 9.53 Å². The van der Waals surface area contributed by atoms with Gasteiger partial charge in [0.2, 0.25) is 0 Å². The van der Waals surface area contributed by atoms with Crippen molar-refractivity contribution in [3.8, 4) is 5.75 Å². The topological polar surface area (TPSA) is 26.3 Å². The highest BCUT2D eigenvalue weighted by Crippen LogP contribution is 2.27. The first-order valence-corrected chi connectivity index (χ1v) is 8.23. The summed E-state index contributed by atoms with van der Waals surface area (Å²) in [6, 6.07) is 7.48. The first-order valence-electron chi connectivity index (χ1n) is 7.08. The number of ether oxygens (including phenoxy) is 1. The van der Waals surface area contributed by atoms with Crippen molar-refractivity contribution in [3.63, 3.8) is 0 Å². The first kappa shape index (κ1) is 14.4. The van der Waals surface area contributed by atoms with E-state index in [0.29, 0.717) is 12.2 Å². The van der Waals surface area contributed by atoms with Gasteiger partial charge >= 0.3 is 0 Å². The largest absolute Gasteiger partial charge is 0.492 e. The molecule has 0 atom stereocenters.